The molecule has 14 heterocycles. The average Bonchev–Trinajstić information content (AvgIpc) is 1.66. The van der Waals surface area contributed by atoms with E-state index in [0.29, 0.717) is 69.4 Å². The van der Waals surface area contributed by atoms with Crippen molar-refractivity contribution in [2.75, 3.05) is 170 Å². The lowest BCUT2D eigenvalue weighted by Crippen LogP contribution is -2.35. The van der Waals surface area contributed by atoms with Crippen LogP contribution >= 0.6 is 0 Å². The van der Waals surface area contributed by atoms with Crippen LogP contribution in [0.1, 0.15) is 72.3 Å². The Kier molecular flexibility index (Phi) is 30.2. The molecule has 14 N–H and O–H groups in total. The number of nitrogens with two attached hydrogens (primary N) is 1. The molecule has 2 fully saturated rings. The van der Waals surface area contributed by atoms with Gasteiger partial charge in [-0.05, 0) is 210 Å². The summed E-state index contributed by atoms with van der Waals surface area (Å²) in [7, 11) is 15.9. The maximum Gasteiger partial charge on any atom is 0.276 e. The van der Waals surface area contributed by atoms with Gasteiger partial charge in [0.1, 0.15) is 23.3 Å². The number of nitrogens with zero attached hydrogens (tertiary/aromatic N) is 18. The first-order valence-electron chi connectivity index (χ1n) is 43.7. The second-order valence-electron chi connectivity index (χ2n) is 33.7. The lowest BCUT2D eigenvalue weighted by molar-refractivity contribution is 0.0114. The average molecular weight is 1810 g/mol. The summed E-state index contributed by atoms with van der Waals surface area (Å²) in [5.74, 6) is -0.830. The number of likely N-dealkylation sites (N-methyl/N-ethyl adjacent to an activating group) is 3. The molecular weight excluding hydrogens is 1700 g/mol. The molecule has 2 aliphatic heterocycles. The van der Waals surface area contributed by atoms with Crippen LogP contribution in [0.15, 0.2) is 226 Å². The van der Waals surface area contributed by atoms with E-state index in [0.717, 1.165) is 183 Å². The smallest absolute Gasteiger partial charge is 0.276 e. The molecule has 35 nitrogen and oxygen atoms in total. The topological polar surface area (TPSA) is 436 Å². The molecule has 37 heteroatoms. The molecule has 0 spiro atoms. The minimum absolute atomic E-state index is 0.115. The van der Waals surface area contributed by atoms with Crippen LogP contribution in [0.5, 0.6) is 0 Å². The number of likely N-dealkylation sites (tertiary alicyclic amines) is 2. The molecule has 2 saturated heterocycles. The molecule has 0 saturated carbocycles. The predicted molar refractivity (Wildman–Crippen MR) is 521 cm³/mol. The maximum absolute atomic E-state index is 13.6. The number of aliphatic hydroxyl groups is 1. The number of benzene rings is 4. The third-order valence-electron chi connectivity index (χ3n) is 22.2. The van der Waals surface area contributed by atoms with Crippen molar-refractivity contribution in [2.45, 2.75) is 44.4 Å². The number of hydrogen-bond acceptors (Lipinski definition) is 27. The Balaban J connectivity index is 0.000000137. The van der Waals surface area contributed by atoms with Gasteiger partial charge in [0.25, 0.3) is 29.6 Å². The molecule has 2 aliphatic rings. The predicted octanol–water partition coefficient (Wildman–Crippen LogP) is 13.5. The molecule has 18 rings (SSSR count). The molecule has 0 bridgehead atoms. The molecule has 16 aromatic rings. The fraction of sp³-hybridized carbons (Fsp3) is 0.258. The Morgan fingerprint density at radius 3 is 1.11 bits per heavy atom. The number of piperidine rings is 1. The van der Waals surface area contributed by atoms with Crippen LogP contribution in [-0.4, -0.2) is 268 Å². The highest BCUT2D eigenvalue weighted by Gasteiger charge is 2.38. The molecular formula is C97H106F2N30O5. The lowest BCUT2D eigenvalue weighted by Gasteiger charge is -2.29. The van der Waals surface area contributed by atoms with Gasteiger partial charge in [0.05, 0.1) is 87.9 Å². The highest BCUT2D eigenvalue weighted by molar-refractivity contribution is 6.14. The van der Waals surface area contributed by atoms with Crippen molar-refractivity contribution >= 4 is 119 Å². The van der Waals surface area contributed by atoms with Crippen molar-refractivity contribution in [1.29, 1.82) is 0 Å². The zero-order valence-electron chi connectivity index (χ0n) is 75.5. The SMILES string of the molecule is CN(C)CCNc1ccc(NC(=O)c2n[nH]c3ccc(-c4cccnc4)cc23)cn1.CN(C)CCNc1ccc(NC(=O)c2n[nH]c3ccc(-c4cncc(CN5CCC(F)(F)C5)c4)cc23)cn1.CN(C)CCNc1ccc(NC(=O)c2n[nH]c3ccc(-c4cncc(N)c4)cc23)cn1.CN(C)c1ccc(NC(=O)c2n[nH]c3ccc(-c4cncc(CN5CCC(O)CC5)c4)cc23)cn1. The largest absolute Gasteiger partial charge is 0.397 e. The Morgan fingerprint density at radius 1 is 0.410 bits per heavy atom. The third-order valence-corrected chi connectivity index (χ3v) is 22.2. The first kappa shape index (κ1) is 93.1. The summed E-state index contributed by atoms with van der Waals surface area (Å²) in [6.45, 7) is 8.16. The zero-order valence-corrected chi connectivity index (χ0v) is 75.5. The Morgan fingerprint density at radius 2 is 0.776 bits per heavy atom. The number of aliphatic hydroxyl groups excluding tert-OH is 1. The van der Waals surface area contributed by atoms with Crippen LogP contribution in [0.4, 0.5) is 60.5 Å². The Hall–Kier alpha value is -15.5. The number of alkyl halides is 2. The van der Waals surface area contributed by atoms with Gasteiger partial charge < -0.3 is 67.7 Å². The zero-order chi connectivity index (χ0) is 93.8. The van der Waals surface area contributed by atoms with Gasteiger partial charge in [-0.1, -0.05) is 30.3 Å². The summed E-state index contributed by atoms with van der Waals surface area (Å²) < 4.78 is 27.2. The van der Waals surface area contributed by atoms with Gasteiger partial charge in [-0.25, -0.2) is 28.7 Å². The molecule has 0 aliphatic carbocycles. The van der Waals surface area contributed by atoms with Crippen molar-refractivity contribution in [3.63, 3.8) is 0 Å². The van der Waals surface area contributed by atoms with E-state index in [2.05, 4.69) is 144 Å². The molecule has 4 aromatic carbocycles. The van der Waals surface area contributed by atoms with Crippen molar-refractivity contribution in [2.24, 2.45) is 0 Å². The molecule has 12 aromatic heterocycles. The number of aromatic nitrogens is 16. The van der Waals surface area contributed by atoms with E-state index < -0.39 is 5.92 Å². The van der Waals surface area contributed by atoms with Crippen LogP contribution in [0.2, 0.25) is 0 Å². The molecule has 0 radical (unpaired) electrons. The third kappa shape index (κ3) is 24.9. The second-order valence-corrected chi connectivity index (χ2v) is 33.7. The summed E-state index contributed by atoms with van der Waals surface area (Å²) in [5.41, 5.74) is 22.4. The number of amides is 4. The van der Waals surface area contributed by atoms with Crippen LogP contribution in [-0.2, 0) is 13.1 Å². The van der Waals surface area contributed by atoms with E-state index in [1.807, 2.05) is 213 Å². The fourth-order valence-corrected chi connectivity index (χ4v) is 15.0. The second kappa shape index (κ2) is 43.5. The minimum atomic E-state index is -2.63. The number of carbonyl (C=O) groups excluding carboxylic acids is 4. The maximum atomic E-state index is 13.6. The summed E-state index contributed by atoms with van der Waals surface area (Å²) in [6.07, 6.45) is 21.8. The molecule has 0 atom stereocenters. The number of nitrogens with one attached hydrogen (secondary N) is 11. The van der Waals surface area contributed by atoms with E-state index in [4.69, 9.17) is 5.73 Å². The van der Waals surface area contributed by atoms with E-state index in [-0.39, 0.29) is 48.4 Å². The first-order valence-corrected chi connectivity index (χ1v) is 43.7. The number of anilines is 9. The summed E-state index contributed by atoms with van der Waals surface area (Å²) in [5, 5.41) is 62.4. The van der Waals surface area contributed by atoms with Crippen molar-refractivity contribution in [3.05, 3.63) is 260 Å². The highest BCUT2D eigenvalue weighted by atomic mass is 19.3. The van der Waals surface area contributed by atoms with E-state index in [1.165, 1.54) is 0 Å². The number of hydrogen-bond donors (Lipinski definition) is 13. The Bertz CT molecular complexity index is 6680. The normalized spacial score (nSPS) is 13.2. The monoisotopic (exact) mass is 1810 g/mol. The minimum Gasteiger partial charge on any atom is -0.397 e. The molecule has 134 heavy (non-hydrogen) atoms. The Labute approximate surface area is 771 Å². The van der Waals surface area contributed by atoms with E-state index in [1.54, 1.807) is 72.9 Å². The van der Waals surface area contributed by atoms with Crippen LogP contribution in [0, 0.1) is 0 Å². The van der Waals surface area contributed by atoms with Crippen LogP contribution < -0.4 is 47.9 Å². The number of carbonyl (C=O) groups is 4. The number of nitrogen functional groups attached to an aromatic ring is 1. The van der Waals surface area contributed by atoms with Gasteiger partial charge >= 0.3 is 0 Å². The molecule has 4 amide bonds. The number of halogens is 2. The number of aromatic amines is 4. The number of fused-ring (bicyclic) bond motifs is 4. The fourth-order valence-electron chi connectivity index (χ4n) is 15.0. The van der Waals surface area contributed by atoms with Gasteiger partial charge in [0.2, 0.25) is 0 Å². The number of pyridine rings is 8. The van der Waals surface area contributed by atoms with Gasteiger partial charge in [-0.3, -0.25) is 69.3 Å². The van der Waals surface area contributed by atoms with E-state index in [9.17, 15) is 33.1 Å². The first-order chi connectivity index (χ1) is 64.8. The van der Waals surface area contributed by atoms with Crippen molar-refractivity contribution in [1.82, 2.24) is 105 Å². The standard InChI is InChI=1S/C27H30F2N8O.C26H29N7O2.C22H24N8O.C22H23N7O/c1-36(2)10-8-31-24-6-4-21(15-32-24)33-26(38)25-22-12-19(3-5-23(22)34-35-25)20-11-18(13-30-14-20)16-37-9-7-27(28,29)17-37;1-32(2)24-6-4-20(15-28-24)29-26(35)25-22-12-18(3-5-23(22)30-31-25)19-11-17(13-27-14-19)16-33-9-7-21(34)8-10-33;1-30(2)8-7-25-20-6-4-17(13-26-20)27-22(31)21-18-10-14(3-5-19(18)28-29-21)15-9-16(23)12-24-11-15;1-29(2)11-10-24-20-8-6-17(14-25-20)26-22(30)21-18-12-15(5-7-19(18)27-28-21)16-4-3-9-23-13-16/h3-6,11-15H,7-10,16-17H2,1-2H3,(H,31,32)(H,33,38)(H,34,35);3-6,11-15,21,34H,7-10,16H2,1-2H3,(H,29,35)(H,30,31);3-6,9-13H,7-8,23H2,1-2H3,(H,25,26)(H,27,31)(H,28,29);3-9,12-14H,10-11H2,1-2H3,(H,24,25)(H,26,30)(H,27,28). The van der Waals surface area contributed by atoms with Gasteiger partial charge in [-0.15, -0.1) is 0 Å². The van der Waals surface area contributed by atoms with Crippen molar-refractivity contribution < 1.29 is 33.1 Å². The molecule has 688 valence electrons. The summed E-state index contributed by atoms with van der Waals surface area (Å²) >= 11 is 0. The quantitative estimate of drug-likeness (QED) is 0.0207. The van der Waals surface area contributed by atoms with Crippen LogP contribution in [0.3, 0.4) is 0 Å². The summed E-state index contributed by atoms with van der Waals surface area (Å²) in [4.78, 5) is 98.4. The van der Waals surface area contributed by atoms with Crippen LogP contribution in [0.25, 0.3) is 88.1 Å². The van der Waals surface area contributed by atoms with Gasteiger partial charge in [0.15, 0.2) is 22.8 Å². The van der Waals surface area contributed by atoms with E-state index >= 15 is 0 Å². The van der Waals surface area contributed by atoms with Gasteiger partial charge in [-0.2, -0.15) is 20.4 Å². The van der Waals surface area contributed by atoms with Gasteiger partial charge in [0, 0.05) is 186 Å². The summed E-state index contributed by atoms with van der Waals surface area (Å²) in [6, 6.07) is 47.5. The highest BCUT2D eigenvalue weighted by Crippen LogP contribution is 2.34. The molecule has 0 unspecified atom stereocenters. The lowest BCUT2D eigenvalue weighted by atomic mass is 10.0. The number of H-pyrrole nitrogens is 4. The van der Waals surface area contributed by atoms with Crippen molar-refractivity contribution in [3.8, 4) is 44.5 Å². The number of rotatable bonds is 29.